The quantitative estimate of drug-likeness (QED) is 0.919. The second-order valence-corrected chi connectivity index (χ2v) is 4.02. The number of hydrogen-bond donors (Lipinski definition) is 1. The number of nitrogens with zero attached hydrogens (tertiary/aromatic N) is 2. The molecule has 0 fully saturated rings. The van der Waals surface area contributed by atoms with Crippen LogP contribution in [0.1, 0.15) is 11.3 Å². The molecule has 0 saturated carbocycles. The first-order chi connectivity index (χ1) is 10.1. The van der Waals surface area contributed by atoms with E-state index in [-0.39, 0.29) is 23.5 Å². The molecule has 0 amide bonds. The van der Waals surface area contributed by atoms with Gasteiger partial charge in [0.2, 0.25) is 0 Å². The highest BCUT2D eigenvalue weighted by Crippen LogP contribution is 2.17. The van der Waals surface area contributed by atoms with Crippen molar-refractivity contribution in [2.75, 3.05) is 5.32 Å². The zero-order valence-electron chi connectivity index (χ0n) is 10.7. The highest BCUT2D eigenvalue weighted by atomic mass is 19.3. The average Bonchev–Trinajstić information content (AvgIpc) is 2.47. The van der Waals surface area contributed by atoms with E-state index in [1.165, 1.54) is 24.3 Å². The first-order valence-electron chi connectivity index (χ1n) is 5.92. The molecule has 7 heteroatoms. The van der Waals surface area contributed by atoms with Crippen LogP contribution in [0, 0.1) is 17.1 Å². The molecule has 2 rings (SSSR count). The lowest BCUT2D eigenvalue weighted by atomic mass is 10.2. The van der Waals surface area contributed by atoms with Crippen LogP contribution in [0.4, 0.5) is 18.9 Å². The van der Waals surface area contributed by atoms with Gasteiger partial charge in [-0.25, -0.2) is 4.39 Å². The molecule has 1 heterocycles. The number of hydrogen-bond acceptors (Lipinski definition) is 4. The number of pyridine rings is 1. The number of rotatable bonds is 5. The van der Waals surface area contributed by atoms with Crippen LogP contribution in [0.15, 0.2) is 36.5 Å². The Balaban J connectivity index is 1.98. The van der Waals surface area contributed by atoms with Crippen LogP contribution in [0.3, 0.4) is 0 Å². The second-order valence-electron chi connectivity index (χ2n) is 4.02. The standard InChI is InChI=1S/C14H10F3N3O/c15-12-5-9(6-18)1-4-13(12)20-7-10-2-3-11(8-19-10)21-14(16)17/h1-5,8,14,20H,7H2. The van der Waals surface area contributed by atoms with Crippen molar-refractivity contribution in [1.29, 1.82) is 5.26 Å². The van der Waals surface area contributed by atoms with Crippen LogP contribution in [0.2, 0.25) is 0 Å². The number of nitriles is 1. The van der Waals surface area contributed by atoms with Gasteiger partial charge in [-0.3, -0.25) is 4.98 Å². The van der Waals surface area contributed by atoms with E-state index in [0.29, 0.717) is 5.69 Å². The average molecular weight is 293 g/mol. The molecule has 0 aliphatic rings. The molecule has 0 radical (unpaired) electrons. The molecule has 0 unspecified atom stereocenters. The van der Waals surface area contributed by atoms with Gasteiger partial charge in [-0.05, 0) is 30.3 Å². The molecule has 1 aromatic carbocycles. The highest BCUT2D eigenvalue weighted by Gasteiger charge is 2.06. The Morgan fingerprint density at radius 1 is 1.29 bits per heavy atom. The minimum atomic E-state index is -2.90. The van der Waals surface area contributed by atoms with Gasteiger partial charge in [-0.1, -0.05) is 0 Å². The van der Waals surface area contributed by atoms with Crippen molar-refractivity contribution in [1.82, 2.24) is 4.98 Å². The van der Waals surface area contributed by atoms with E-state index in [1.807, 2.05) is 6.07 Å². The van der Waals surface area contributed by atoms with Crippen LogP contribution in [-0.2, 0) is 6.54 Å². The normalized spacial score (nSPS) is 10.2. The summed E-state index contributed by atoms with van der Waals surface area (Å²) in [6.07, 6.45) is 1.16. The van der Waals surface area contributed by atoms with Gasteiger partial charge >= 0.3 is 6.61 Å². The van der Waals surface area contributed by atoms with Crippen molar-refractivity contribution < 1.29 is 17.9 Å². The Hall–Kier alpha value is -2.75. The molecular formula is C14H10F3N3O. The zero-order chi connectivity index (χ0) is 15.2. The van der Waals surface area contributed by atoms with Crippen LogP contribution in [0.25, 0.3) is 0 Å². The SMILES string of the molecule is N#Cc1ccc(NCc2ccc(OC(F)F)cn2)c(F)c1. The third-order valence-electron chi connectivity index (χ3n) is 2.58. The van der Waals surface area contributed by atoms with E-state index >= 15 is 0 Å². The molecule has 0 spiro atoms. The largest absolute Gasteiger partial charge is 0.433 e. The number of halogens is 3. The Labute approximate surface area is 118 Å². The Morgan fingerprint density at radius 2 is 2.10 bits per heavy atom. The summed E-state index contributed by atoms with van der Waals surface area (Å²) in [4.78, 5) is 3.91. The molecule has 0 bridgehead atoms. The van der Waals surface area contributed by atoms with Crippen molar-refractivity contribution >= 4 is 5.69 Å². The van der Waals surface area contributed by atoms with Gasteiger partial charge in [0.05, 0.1) is 35.8 Å². The molecule has 0 atom stereocenters. The van der Waals surface area contributed by atoms with Gasteiger partial charge < -0.3 is 10.1 Å². The number of alkyl halides is 2. The van der Waals surface area contributed by atoms with E-state index in [9.17, 15) is 13.2 Å². The predicted octanol–water partition coefficient (Wildman–Crippen LogP) is 3.31. The van der Waals surface area contributed by atoms with Gasteiger partial charge in [0.25, 0.3) is 0 Å². The van der Waals surface area contributed by atoms with Gasteiger partial charge in [-0.2, -0.15) is 14.0 Å². The van der Waals surface area contributed by atoms with Crippen molar-refractivity contribution in [3.8, 4) is 11.8 Å². The molecule has 1 N–H and O–H groups in total. The Bertz CT molecular complexity index is 654. The van der Waals surface area contributed by atoms with Gasteiger partial charge in [0, 0.05) is 0 Å². The summed E-state index contributed by atoms with van der Waals surface area (Å²) >= 11 is 0. The summed E-state index contributed by atoms with van der Waals surface area (Å²) in [6.45, 7) is -2.69. The third kappa shape index (κ3) is 4.11. The Kier molecular flexibility index (Phi) is 4.61. The molecule has 0 aliphatic heterocycles. The number of aromatic nitrogens is 1. The fourth-order valence-electron chi connectivity index (χ4n) is 1.60. The lowest BCUT2D eigenvalue weighted by Crippen LogP contribution is -2.05. The topological polar surface area (TPSA) is 57.9 Å². The number of ether oxygens (including phenoxy) is 1. The first-order valence-corrected chi connectivity index (χ1v) is 5.92. The highest BCUT2D eigenvalue weighted by molar-refractivity contribution is 5.48. The van der Waals surface area contributed by atoms with Crippen LogP contribution >= 0.6 is 0 Å². The predicted molar refractivity (Wildman–Crippen MR) is 69.3 cm³/mol. The minimum absolute atomic E-state index is 0.0432. The molecule has 4 nitrogen and oxygen atoms in total. The molecular weight excluding hydrogens is 283 g/mol. The third-order valence-corrected chi connectivity index (χ3v) is 2.58. The Morgan fingerprint density at radius 3 is 2.67 bits per heavy atom. The number of benzene rings is 1. The summed E-state index contributed by atoms with van der Waals surface area (Å²) in [7, 11) is 0. The molecule has 2 aromatic rings. The number of anilines is 1. The van der Waals surface area contributed by atoms with Gasteiger partial charge in [0.15, 0.2) is 0 Å². The number of nitrogens with one attached hydrogen (secondary N) is 1. The first kappa shape index (κ1) is 14.7. The van der Waals surface area contributed by atoms with Gasteiger partial charge in [0.1, 0.15) is 11.6 Å². The fraction of sp³-hybridized carbons (Fsp3) is 0.143. The summed E-state index contributed by atoms with van der Waals surface area (Å²) in [6, 6.07) is 8.73. The monoisotopic (exact) mass is 293 g/mol. The maximum atomic E-state index is 13.6. The maximum absolute atomic E-state index is 13.6. The van der Waals surface area contributed by atoms with E-state index in [2.05, 4.69) is 15.0 Å². The van der Waals surface area contributed by atoms with E-state index in [4.69, 9.17) is 5.26 Å². The molecule has 0 saturated heterocycles. The van der Waals surface area contributed by atoms with Crippen molar-refractivity contribution in [3.05, 3.63) is 53.6 Å². The van der Waals surface area contributed by atoms with E-state index in [1.54, 1.807) is 0 Å². The molecule has 21 heavy (non-hydrogen) atoms. The lowest BCUT2D eigenvalue weighted by Gasteiger charge is -2.08. The fourth-order valence-corrected chi connectivity index (χ4v) is 1.60. The summed E-state index contributed by atoms with van der Waals surface area (Å²) in [5.74, 6) is -0.593. The van der Waals surface area contributed by atoms with Gasteiger partial charge in [-0.15, -0.1) is 0 Å². The summed E-state index contributed by atoms with van der Waals surface area (Å²) in [5, 5.41) is 11.4. The smallest absolute Gasteiger partial charge is 0.387 e. The molecule has 0 aliphatic carbocycles. The van der Waals surface area contributed by atoms with Crippen LogP contribution in [0.5, 0.6) is 5.75 Å². The summed E-state index contributed by atoms with van der Waals surface area (Å²) in [5.41, 5.74) is 0.980. The molecule has 108 valence electrons. The molecule has 1 aromatic heterocycles. The maximum Gasteiger partial charge on any atom is 0.387 e. The minimum Gasteiger partial charge on any atom is -0.433 e. The van der Waals surface area contributed by atoms with E-state index < -0.39 is 12.4 Å². The van der Waals surface area contributed by atoms with Crippen molar-refractivity contribution in [2.24, 2.45) is 0 Å². The van der Waals surface area contributed by atoms with Crippen molar-refractivity contribution in [2.45, 2.75) is 13.2 Å². The van der Waals surface area contributed by atoms with Crippen LogP contribution < -0.4 is 10.1 Å². The zero-order valence-corrected chi connectivity index (χ0v) is 10.7. The second kappa shape index (κ2) is 6.61. The summed E-state index contributed by atoms with van der Waals surface area (Å²) < 4.78 is 41.7. The van der Waals surface area contributed by atoms with Crippen LogP contribution in [-0.4, -0.2) is 11.6 Å². The van der Waals surface area contributed by atoms with Crippen molar-refractivity contribution in [3.63, 3.8) is 0 Å². The van der Waals surface area contributed by atoms with E-state index in [0.717, 1.165) is 12.3 Å². The lowest BCUT2D eigenvalue weighted by molar-refractivity contribution is -0.0500.